The van der Waals surface area contributed by atoms with Crippen molar-refractivity contribution in [2.24, 2.45) is 5.73 Å². The van der Waals surface area contributed by atoms with Crippen molar-refractivity contribution in [2.45, 2.75) is 80.5 Å². The highest BCUT2D eigenvalue weighted by Crippen LogP contribution is 2.62. The predicted octanol–water partition coefficient (Wildman–Crippen LogP) is 5.47. The SMILES string of the molecule is CCC(N)CC(C)NCC(F)(F)C(F)(F)C(F)(F)C(F)(F)C(F)(F)C(F)(F)C(F)(F)F. The quantitative estimate of drug-likeness (QED) is 0.371. The summed E-state index contributed by atoms with van der Waals surface area (Å²) in [5, 5.41) is 1.51. The van der Waals surface area contributed by atoms with Crippen LogP contribution in [0.4, 0.5) is 65.9 Å². The van der Waals surface area contributed by atoms with Gasteiger partial charge in [0.25, 0.3) is 0 Å². The molecule has 0 radical (unpaired) electrons. The molecule has 0 saturated heterocycles. The second-order valence-electron chi connectivity index (χ2n) is 6.76. The Morgan fingerprint density at radius 2 is 1.00 bits per heavy atom. The number of nitrogens with two attached hydrogens (primary N) is 1. The van der Waals surface area contributed by atoms with Crippen molar-refractivity contribution < 1.29 is 65.9 Å². The van der Waals surface area contributed by atoms with Crippen LogP contribution in [-0.2, 0) is 0 Å². The minimum Gasteiger partial charge on any atom is -0.328 e. The lowest BCUT2D eigenvalue weighted by Gasteiger charge is -2.41. The zero-order valence-electron chi connectivity index (χ0n) is 15.5. The molecule has 0 bridgehead atoms. The summed E-state index contributed by atoms with van der Waals surface area (Å²) in [6, 6.07) is -1.92. The summed E-state index contributed by atoms with van der Waals surface area (Å²) in [5.74, 6) is -46.3. The summed E-state index contributed by atoms with van der Waals surface area (Å²) < 4.78 is 195. The van der Waals surface area contributed by atoms with Gasteiger partial charge in [0.2, 0.25) is 0 Å². The van der Waals surface area contributed by atoms with Crippen LogP contribution in [0.15, 0.2) is 0 Å². The molecule has 0 aliphatic rings. The molecule has 0 aliphatic carbocycles. The van der Waals surface area contributed by atoms with Crippen LogP contribution in [0.1, 0.15) is 26.7 Å². The summed E-state index contributed by atoms with van der Waals surface area (Å²) in [6.45, 7) is -0.0152. The summed E-state index contributed by atoms with van der Waals surface area (Å²) in [4.78, 5) is 0. The second-order valence-corrected chi connectivity index (χ2v) is 6.76. The Bertz CT molecular complexity index is 599. The maximum atomic E-state index is 13.6. The Hall–Kier alpha value is -1.13. The first-order chi connectivity index (χ1) is 13.3. The van der Waals surface area contributed by atoms with Crippen LogP contribution < -0.4 is 11.1 Å². The Morgan fingerprint density at radius 3 is 1.35 bits per heavy atom. The Kier molecular flexibility index (Phi) is 8.35. The maximum Gasteiger partial charge on any atom is 0.460 e. The van der Waals surface area contributed by atoms with E-state index in [2.05, 4.69) is 0 Å². The highest BCUT2D eigenvalue weighted by Gasteiger charge is 2.93. The Labute approximate surface area is 165 Å². The van der Waals surface area contributed by atoms with Gasteiger partial charge >= 0.3 is 41.7 Å². The van der Waals surface area contributed by atoms with Gasteiger partial charge in [-0.15, -0.1) is 0 Å². The van der Waals surface area contributed by atoms with Gasteiger partial charge in [0, 0.05) is 12.1 Å². The van der Waals surface area contributed by atoms with Crippen molar-refractivity contribution in [3.63, 3.8) is 0 Å². The van der Waals surface area contributed by atoms with E-state index >= 15 is 0 Å². The van der Waals surface area contributed by atoms with E-state index in [-0.39, 0.29) is 12.8 Å². The first kappa shape index (κ1) is 29.9. The van der Waals surface area contributed by atoms with Crippen molar-refractivity contribution in [3.8, 4) is 0 Å². The molecule has 31 heavy (non-hydrogen) atoms. The molecule has 2 unspecified atom stereocenters. The highest BCUT2D eigenvalue weighted by atomic mass is 19.4. The van der Waals surface area contributed by atoms with E-state index in [9.17, 15) is 65.9 Å². The average Bonchev–Trinajstić information content (AvgIpc) is 2.57. The standard InChI is InChI=1S/C14H17F15N2/c1-3-7(30)4-6(2)31-5-8(15,16)9(17,18)10(19,20)11(21,22)12(23,24)13(25,26)14(27,28)29/h6-7,31H,3-5,30H2,1-2H3. The van der Waals surface area contributed by atoms with Gasteiger partial charge in [-0.1, -0.05) is 6.92 Å². The molecule has 0 aromatic rings. The molecule has 0 heterocycles. The molecule has 0 amide bonds. The molecule has 0 aromatic carbocycles. The first-order valence-corrected chi connectivity index (χ1v) is 8.17. The van der Waals surface area contributed by atoms with Crippen LogP contribution in [0, 0.1) is 0 Å². The summed E-state index contributed by atoms with van der Waals surface area (Å²) in [5.41, 5.74) is 5.41. The molecule has 0 saturated carbocycles. The first-order valence-electron chi connectivity index (χ1n) is 8.17. The van der Waals surface area contributed by atoms with Crippen molar-refractivity contribution in [3.05, 3.63) is 0 Å². The summed E-state index contributed by atoms with van der Waals surface area (Å²) in [6.07, 6.45) is -7.59. The van der Waals surface area contributed by atoms with Gasteiger partial charge in [-0.2, -0.15) is 65.9 Å². The van der Waals surface area contributed by atoms with Crippen LogP contribution in [0.2, 0.25) is 0 Å². The van der Waals surface area contributed by atoms with Gasteiger partial charge in [-0.3, -0.25) is 0 Å². The van der Waals surface area contributed by atoms with E-state index in [1.165, 1.54) is 12.2 Å². The van der Waals surface area contributed by atoms with E-state index in [0.29, 0.717) is 0 Å². The molecule has 0 aliphatic heterocycles. The van der Waals surface area contributed by atoms with Gasteiger partial charge in [-0.05, 0) is 19.8 Å². The number of rotatable bonds is 11. The minimum atomic E-state index is -8.26. The normalized spacial score (nSPS) is 17.6. The smallest absolute Gasteiger partial charge is 0.328 e. The molecular weight excluding hydrogens is 481 g/mol. The monoisotopic (exact) mass is 498 g/mol. The number of hydrogen-bond acceptors (Lipinski definition) is 2. The van der Waals surface area contributed by atoms with Crippen molar-refractivity contribution in [1.82, 2.24) is 5.32 Å². The number of halogens is 15. The fourth-order valence-electron chi connectivity index (χ4n) is 2.12. The van der Waals surface area contributed by atoms with Crippen LogP contribution in [0.3, 0.4) is 0 Å². The Balaban J connectivity index is 6.04. The number of nitrogens with one attached hydrogen (secondary N) is 1. The fraction of sp³-hybridized carbons (Fsp3) is 1.00. The third kappa shape index (κ3) is 4.95. The van der Waals surface area contributed by atoms with E-state index < -0.39 is 60.3 Å². The molecule has 188 valence electrons. The van der Waals surface area contributed by atoms with Gasteiger partial charge in [0.05, 0.1) is 6.54 Å². The van der Waals surface area contributed by atoms with Gasteiger partial charge in [-0.25, -0.2) is 0 Å². The van der Waals surface area contributed by atoms with Gasteiger partial charge < -0.3 is 11.1 Å². The maximum absolute atomic E-state index is 13.6. The lowest BCUT2D eigenvalue weighted by molar-refractivity contribution is -0.452. The van der Waals surface area contributed by atoms with Crippen LogP contribution in [0.5, 0.6) is 0 Å². The average molecular weight is 498 g/mol. The third-order valence-corrected chi connectivity index (χ3v) is 4.25. The van der Waals surface area contributed by atoms with Crippen LogP contribution >= 0.6 is 0 Å². The van der Waals surface area contributed by atoms with E-state index in [1.807, 2.05) is 0 Å². The minimum absolute atomic E-state index is 0.222. The van der Waals surface area contributed by atoms with Crippen molar-refractivity contribution in [2.75, 3.05) is 6.54 Å². The van der Waals surface area contributed by atoms with Gasteiger partial charge in [0.15, 0.2) is 0 Å². The number of alkyl halides is 15. The largest absolute Gasteiger partial charge is 0.460 e. The second kappa shape index (κ2) is 8.67. The fourth-order valence-corrected chi connectivity index (χ4v) is 2.12. The lowest BCUT2D eigenvalue weighted by atomic mass is 9.91. The predicted molar refractivity (Wildman–Crippen MR) is 76.1 cm³/mol. The molecule has 0 spiro atoms. The molecule has 17 heteroatoms. The topological polar surface area (TPSA) is 38.0 Å². The zero-order chi connectivity index (χ0) is 25.5. The molecule has 3 N–H and O–H groups in total. The number of hydrogen-bond donors (Lipinski definition) is 2. The molecule has 0 aromatic heterocycles. The van der Waals surface area contributed by atoms with Gasteiger partial charge in [0.1, 0.15) is 0 Å². The molecular formula is C14H17F15N2. The molecule has 0 fully saturated rings. The van der Waals surface area contributed by atoms with Crippen LogP contribution in [0.25, 0.3) is 0 Å². The Morgan fingerprint density at radius 1 is 0.645 bits per heavy atom. The third-order valence-electron chi connectivity index (χ3n) is 4.25. The van der Waals surface area contributed by atoms with E-state index in [4.69, 9.17) is 5.73 Å². The van der Waals surface area contributed by atoms with Crippen molar-refractivity contribution in [1.29, 1.82) is 0 Å². The zero-order valence-corrected chi connectivity index (χ0v) is 15.5. The van der Waals surface area contributed by atoms with E-state index in [0.717, 1.165) is 6.92 Å². The lowest BCUT2D eigenvalue weighted by Crippen LogP contribution is -2.73. The van der Waals surface area contributed by atoms with Crippen molar-refractivity contribution >= 4 is 0 Å². The molecule has 2 atom stereocenters. The highest BCUT2D eigenvalue weighted by molar-refractivity contribution is 5.13. The summed E-state index contributed by atoms with van der Waals surface area (Å²) >= 11 is 0. The van der Waals surface area contributed by atoms with Crippen LogP contribution in [-0.4, -0.2) is 60.3 Å². The van der Waals surface area contributed by atoms with E-state index in [1.54, 1.807) is 0 Å². The summed E-state index contributed by atoms with van der Waals surface area (Å²) in [7, 11) is 0. The molecule has 2 nitrogen and oxygen atoms in total. The molecule has 0 rings (SSSR count).